The predicted molar refractivity (Wildman–Crippen MR) is 116 cm³/mol. The van der Waals surface area contributed by atoms with Crippen molar-refractivity contribution in [2.24, 2.45) is 0 Å². The number of rotatable bonds is 6. The average Bonchev–Trinajstić information content (AvgIpc) is 3.39. The Kier molecular flexibility index (Phi) is 5.79. The summed E-state index contributed by atoms with van der Waals surface area (Å²) in [5, 5.41) is 16.2. The van der Waals surface area contributed by atoms with E-state index in [0.717, 1.165) is 22.5 Å². The highest BCUT2D eigenvalue weighted by Gasteiger charge is 2.15. The van der Waals surface area contributed by atoms with E-state index in [1.165, 1.54) is 0 Å². The van der Waals surface area contributed by atoms with Gasteiger partial charge in [0.15, 0.2) is 5.01 Å². The fourth-order valence-corrected chi connectivity index (χ4v) is 3.56. The summed E-state index contributed by atoms with van der Waals surface area (Å²) in [6, 6.07) is 19.3. The van der Waals surface area contributed by atoms with Crippen LogP contribution < -0.4 is 5.32 Å². The van der Waals surface area contributed by atoms with Gasteiger partial charge in [-0.05, 0) is 23.8 Å². The van der Waals surface area contributed by atoms with Crippen LogP contribution >= 0.6 is 22.9 Å². The molecule has 0 unspecified atom stereocenters. The summed E-state index contributed by atoms with van der Waals surface area (Å²) in [7, 11) is 0. The molecule has 0 radical (unpaired) electrons. The van der Waals surface area contributed by atoms with Crippen molar-refractivity contribution in [3.8, 4) is 0 Å². The number of para-hydroxylation sites is 1. The van der Waals surface area contributed by atoms with Gasteiger partial charge in [0.05, 0.1) is 17.8 Å². The number of nitrogens with zero attached hydrogens (tertiary/aromatic N) is 4. The summed E-state index contributed by atoms with van der Waals surface area (Å²) in [6.45, 7) is 0.676. The fraction of sp³-hybridized carbons (Fsp3) is 0.0476. The molecule has 0 fully saturated rings. The van der Waals surface area contributed by atoms with Crippen molar-refractivity contribution in [1.82, 2.24) is 20.0 Å². The lowest BCUT2D eigenvalue weighted by Gasteiger charge is -2.00. The monoisotopic (exact) mass is 421 g/mol. The van der Waals surface area contributed by atoms with Crippen molar-refractivity contribution in [3.05, 3.63) is 94.2 Å². The quantitative estimate of drug-likeness (QED) is 0.486. The van der Waals surface area contributed by atoms with Gasteiger partial charge in [-0.25, -0.2) is 0 Å². The highest BCUT2D eigenvalue weighted by molar-refractivity contribution is 7.15. The second-order valence-electron chi connectivity index (χ2n) is 6.18. The molecule has 2 aromatic carbocycles. The Labute approximate surface area is 176 Å². The van der Waals surface area contributed by atoms with Crippen LogP contribution in [-0.4, -0.2) is 25.9 Å². The van der Waals surface area contributed by atoms with Crippen molar-refractivity contribution in [2.75, 3.05) is 5.32 Å². The number of hydrogen-bond acceptors (Lipinski definition) is 5. The number of carbonyl (C=O) groups excluding carboxylic acids is 1. The summed E-state index contributed by atoms with van der Waals surface area (Å²) >= 11 is 7.52. The third kappa shape index (κ3) is 4.96. The van der Waals surface area contributed by atoms with Gasteiger partial charge in [0.25, 0.3) is 5.91 Å². The molecule has 4 rings (SSSR count). The van der Waals surface area contributed by atoms with E-state index in [0.29, 0.717) is 22.3 Å². The molecule has 1 amide bonds. The van der Waals surface area contributed by atoms with Gasteiger partial charge in [-0.2, -0.15) is 5.10 Å². The smallest absolute Gasteiger partial charge is 0.286 e. The first-order chi connectivity index (χ1) is 14.2. The molecule has 0 bridgehead atoms. The van der Waals surface area contributed by atoms with Crippen molar-refractivity contribution in [3.63, 3.8) is 0 Å². The molecule has 29 heavy (non-hydrogen) atoms. The van der Waals surface area contributed by atoms with Crippen LogP contribution in [0, 0.1) is 0 Å². The van der Waals surface area contributed by atoms with E-state index in [9.17, 15) is 4.79 Å². The summed E-state index contributed by atoms with van der Waals surface area (Å²) in [6.07, 6.45) is 5.39. The Morgan fingerprint density at radius 2 is 1.72 bits per heavy atom. The van der Waals surface area contributed by atoms with Crippen LogP contribution in [0.3, 0.4) is 0 Å². The summed E-state index contributed by atoms with van der Waals surface area (Å²) in [5.74, 6) is -0.319. The Hall–Kier alpha value is -3.29. The van der Waals surface area contributed by atoms with Crippen LogP contribution in [0.4, 0.5) is 5.69 Å². The maximum absolute atomic E-state index is 12.3. The van der Waals surface area contributed by atoms with Gasteiger partial charge in [-0.1, -0.05) is 71.5 Å². The second-order valence-corrected chi connectivity index (χ2v) is 7.57. The zero-order valence-corrected chi connectivity index (χ0v) is 16.8. The number of halogens is 1. The molecule has 0 aliphatic heterocycles. The molecule has 2 aromatic heterocycles. The van der Waals surface area contributed by atoms with Crippen LogP contribution in [0.25, 0.3) is 11.1 Å². The fourth-order valence-electron chi connectivity index (χ4n) is 2.64. The highest BCUT2D eigenvalue weighted by atomic mass is 35.5. The molecule has 0 atom stereocenters. The molecule has 6 nitrogen and oxygen atoms in total. The van der Waals surface area contributed by atoms with Crippen LogP contribution in [-0.2, 0) is 6.54 Å². The van der Waals surface area contributed by atoms with Gasteiger partial charge >= 0.3 is 0 Å². The number of anilines is 1. The number of amides is 1. The SMILES string of the molecule is O=C(Nc1ccccc1)c1nnc(/C(Cl)=C/c2cnn(Cc3ccccc3)c2)s1. The number of hydrogen-bond donors (Lipinski definition) is 1. The van der Waals surface area contributed by atoms with E-state index in [1.807, 2.05) is 59.4 Å². The number of nitrogens with one attached hydrogen (secondary N) is 1. The number of benzene rings is 2. The number of carbonyl (C=O) groups is 1. The zero-order valence-electron chi connectivity index (χ0n) is 15.2. The van der Waals surface area contributed by atoms with Gasteiger partial charge in [0.2, 0.25) is 5.01 Å². The first-order valence-corrected chi connectivity index (χ1v) is 10.0. The molecule has 0 saturated heterocycles. The van der Waals surface area contributed by atoms with Crippen LogP contribution in [0.5, 0.6) is 0 Å². The van der Waals surface area contributed by atoms with E-state index in [1.54, 1.807) is 24.4 Å². The summed E-state index contributed by atoms with van der Waals surface area (Å²) in [4.78, 5) is 12.3. The van der Waals surface area contributed by atoms with Crippen LogP contribution in [0.15, 0.2) is 73.1 Å². The third-order valence-corrected chi connectivity index (χ3v) is 5.34. The van der Waals surface area contributed by atoms with Gasteiger partial charge < -0.3 is 5.32 Å². The van der Waals surface area contributed by atoms with Crippen molar-refractivity contribution < 1.29 is 4.79 Å². The lowest BCUT2D eigenvalue weighted by atomic mass is 10.2. The standard InChI is InChI=1S/C21H16ClN5OS/c22-18(11-16-12-23-27(14-16)13-15-7-3-1-4-8-15)20-25-26-21(29-20)19(28)24-17-9-5-2-6-10-17/h1-12,14H,13H2,(H,24,28)/b18-11-. The van der Waals surface area contributed by atoms with Gasteiger partial charge in [-0.15, -0.1) is 10.2 Å². The molecule has 0 spiro atoms. The molecule has 2 heterocycles. The van der Waals surface area contributed by atoms with Gasteiger partial charge in [-0.3, -0.25) is 9.48 Å². The van der Waals surface area contributed by atoms with Gasteiger partial charge in [0, 0.05) is 17.4 Å². The molecule has 0 aliphatic carbocycles. The van der Waals surface area contributed by atoms with Crippen LogP contribution in [0.1, 0.15) is 25.9 Å². The van der Waals surface area contributed by atoms with Crippen molar-refractivity contribution in [1.29, 1.82) is 0 Å². The lowest BCUT2D eigenvalue weighted by molar-refractivity contribution is 0.102. The third-order valence-electron chi connectivity index (χ3n) is 3.99. The average molecular weight is 422 g/mol. The Morgan fingerprint density at radius 3 is 2.48 bits per heavy atom. The van der Waals surface area contributed by atoms with Crippen molar-refractivity contribution in [2.45, 2.75) is 6.54 Å². The predicted octanol–water partition coefficient (Wildman–Crippen LogP) is 4.77. The van der Waals surface area contributed by atoms with E-state index in [-0.39, 0.29) is 10.9 Å². The highest BCUT2D eigenvalue weighted by Crippen LogP contribution is 2.25. The summed E-state index contributed by atoms with van der Waals surface area (Å²) in [5.41, 5.74) is 2.70. The normalized spacial score (nSPS) is 11.4. The number of aromatic nitrogens is 4. The minimum atomic E-state index is -0.319. The minimum absolute atomic E-state index is 0.246. The molecule has 4 aromatic rings. The summed E-state index contributed by atoms with van der Waals surface area (Å²) < 4.78 is 1.84. The van der Waals surface area contributed by atoms with E-state index in [4.69, 9.17) is 11.6 Å². The molecule has 1 N–H and O–H groups in total. The largest absolute Gasteiger partial charge is 0.320 e. The van der Waals surface area contributed by atoms with Crippen molar-refractivity contribution >= 4 is 45.6 Å². The first-order valence-electron chi connectivity index (χ1n) is 8.81. The maximum atomic E-state index is 12.3. The lowest BCUT2D eigenvalue weighted by Crippen LogP contribution is -2.11. The Morgan fingerprint density at radius 1 is 1.03 bits per heavy atom. The minimum Gasteiger partial charge on any atom is -0.320 e. The first kappa shape index (κ1) is 19.0. The molecule has 0 aliphatic rings. The Bertz CT molecular complexity index is 1140. The van der Waals surface area contributed by atoms with E-state index in [2.05, 4.69) is 20.6 Å². The topological polar surface area (TPSA) is 72.7 Å². The Balaban J connectivity index is 1.44. The molecule has 144 valence electrons. The molecular formula is C21H16ClN5OS. The van der Waals surface area contributed by atoms with E-state index >= 15 is 0 Å². The molecule has 0 saturated carbocycles. The zero-order chi connectivity index (χ0) is 20.1. The maximum Gasteiger partial charge on any atom is 0.286 e. The van der Waals surface area contributed by atoms with Crippen LogP contribution in [0.2, 0.25) is 0 Å². The molecular weight excluding hydrogens is 406 g/mol. The van der Waals surface area contributed by atoms with Gasteiger partial charge in [0.1, 0.15) is 0 Å². The molecule has 8 heteroatoms. The van der Waals surface area contributed by atoms with E-state index < -0.39 is 0 Å². The second kappa shape index (κ2) is 8.81.